The molecule has 1 heterocycles. The minimum Gasteiger partial charge on any atom is -0.478 e. The third-order valence-electron chi connectivity index (χ3n) is 2.07. The molecule has 15 heavy (non-hydrogen) atoms. The second-order valence-electron chi connectivity index (χ2n) is 3.19. The fourth-order valence-electron chi connectivity index (χ4n) is 1.38. The summed E-state index contributed by atoms with van der Waals surface area (Å²) in [6.45, 7) is 1.87. The molecule has 0 bridgehead atoms. The van der Waals surface area contributed by atoms with Crippen molar-refractivity contribution in [2.75, 3.05) is 0 Å². The lowest BCUT2D eigenvalue weighted by atomic mass is 10.1. The van der Waals surface area contributed by atoms with Crippen LogP contribution in [0.1, 0.15) is 15.9 Å². The van der Waals surface area contributed by atoms with E-state index in [0.29, 0.717) is 11.1 Å². The largest absolute Gasteiger partial charge is 0.478 e. The second-order valence-corrected chi connectivity index (χ2v) is 4.09. The van der Waals surface area contributed by atoms with E-state index in [1.54, 1.807) is 18.3 Å². The predicted molar refractivity (Wildman–Crippen MR) is 59.2 cm³/mol. The van der Waals surface area contributed by atoms with Crippen LogP contribution < -0.4 is 0 Å². The fraction of sp³-hybridized carbons (Fsp3) is 0.0909. The Labute approximate surface area is 91.0 Å². The summed E-state index contributed by atoms with van der Waals surface area (Å²) in [5, 5.41) is 11.6. The number of aromatic nitrogens is 1. The Morgan fingerprint density at radius 1 is 1.47 bits per heavy atom. The summed E-state index contributed by atoms with van der Waals surface area (Å²) in [5.74, 6) is -0.913. The Kier molecular flexibility index (Phi) is 2.51. The first-order chi connectivity index (χ1) is 7.18. The average Bonchev–Trinajstić information content (AvgIpc) is 2.70. The molecular weight excluding hydrogens is 210 g/mol. The summed E-state index contributed by atoms with van der Waals surface area (Å²) in [6, 6.07) is 5.36. The number of aromatic carboxylic acids is 1. The lowest BCUT2D eigenvalue weighted by Gasteiger charge is -2.03. The summed E-state index contributed by atoms with van der Waals surface area (Å²) in [6.07, 6.45) is 1.67. The van der Waals surface area contributed by atoms with Crippen LogP contribution in [0.3, 0.4) is 0 Å². The zero-order chi connectivity index (χ0) is 10.8. The lowest BCUT2D eigenvalue weighted by Crippen LogP contribution is -1.99. The standard InChI is InChI=1S/C11H9NO2S/c1-7-2-3-8(9(6-7)11(13)14)10-12-4-5-15-10/h2-6H,1H3,(H,13,14). The van der Waals surface area contributed by atoms with Crippen molar-refractivity contribution >= 4 is 17.3 Å². The first-order valence-corrected chi connectivity index (χ1v) is 5.30. The van der Waals surface area contributed by atoms with Gasteiger partial charge in [0.15, 0.2) is 0 Å². The van der Waals surface area contributed by atoms with Gasteiger partial charge in [-0.2, -0.15) is 0 Å². The van der Waals surface area contributed by atoms with Gasteiger partial charge in [-0.05, 0) is 13.0 Å². The zero-order valence-corrected chi connectivity index (χ0v) is 8.91. The van der Waals surface area contributed by atoms with E-state index in [-0.39, 0.29) is 0 Å². The van der Waals surface area contributed by atoms with Crippen molar-refractivity contribution in [3.63, 3.8) is 0 Å². The predicted octanol–water partition coefficient (Wildman–Crippen LogP) is 2.82. The number of carboxylic acid groups (broad SMARTS) is 1. The molecule has 2 aromatic rings. The van der Waals surface area contributed by atoms with E-state index in [1.807, 2.05) is 18.4 Å². The van der Waals surface area contributed by atoms with E-state index in [1.165, 1.54) is 11.3 Å². The van der Waals surface area contributed by atoms with Crippen LogP contribution in [-0.4, -0.2) is 16.1 Å². The van der Waals surface area contributed by atoms with Crippen LogP contribution in [0, 0.1) is 6.92 Å². The monoisotopic (exact) mass is 219 g/mol. The molecule has 1 aromatic carbocycles. The summed E-state index contributed by atoms with van der Waals surface area (Å²) in [4.78, 5) is 15.2. The molecule has 2 rings (SSSR count). The van der Waals surface area contributed by atoms with Crippen molar-refractivity contribution in [3.8, 4) is 10.6 Å². The van der Waals surface area contributed by atoms with Crippen LogP contribution >= 0.6 is 11.3 Å². The van der Waals surface area contributed by atoms with Crippen LogP contribution in [0.5, 0.6) is 0 Å². The van der Waals surface area contributed by atoms with Gasteiger partial charge < -0.3 is 5.11 Å². The molecule has 76 valence electrons. The SMILES string of the molecule is Cc1ccc(-c2nccs2)c(C(=O)O)c1. The van der Waals surface area contributed by atoms with Crippen LogP contribution in [0.2, 0.25) is 0 Å². The topological polar surface area (TPSA) is 50.2 Å². The van der Waals surface area contributed by atoms with Crippen molar-refractivity contribution < 1.29 is 9.90 Å². The highest BCUT2D eigenvalue weighted by Gasteiger charge is 2.13. The third kappa shape index (κ3) is 1.89. The molecule has 0 aliphatic carbocycles. The molecule has 0 aliphatic heterocycles. The molecule has 0 radical (unpaired) electrons. The molecule has 1 aromatic heterocycles. The van der Waals surface area contributed by atoms with Gasteiger partial charge in [0.05, 0.1) is 5.56 Å². The highest BCUT2D eigenvalue weighted by Crippen LogP contribution is 2.26. The Morgan fingerprint density at radius 2 is 2.27 bits per heavy atom. The van der Waals surface area contributed by atoms with Gasteiger partial charge in [0.2, 0.25) is 0 Å². The van der Waals surface area contributed by atoms with Crippen LogP contribution in [0.25, 0.3) is 10.6 Å². The number of thiazole rings is 1. The Bertz CT molecular complexity index is 491. The normalized spacial score (nSPS) is 10.2. The number of aryl methyl sites for hydroxylation is 1. The molecule has 0 amide bonds. The molecule has 0 unspecified atom stereocenters. The highest BCUT2D eigenvalue weighted by atomic mass is 32.1. The first kappa shape index (κ1) is 9.86. The van der Waals surface area contributed by atoms with Gasteiger partial charge >= 0.3 is 5.97 Å². The van der Waals surface area contributed by atoms with E-state index >= 15 is 0 Å². The summed E-state index contributed by atoms with van der Waals surface area (Å²) >= 11 is 1.44. The molecule has 3 nitrogen and oxygen atoms in total. The van der Waals surface area contributed by atoms with E-state index in [2.05, 4.69) is 4.98 Å². The molecule has 0 fully saturated rings. The van der Waals surface area contributed by atoms with Crippen molar-refractivity contribution in [2.45, 2.75) is 6.92 Å². The van der Waals surface area contributed by atoms with Crippen LogP contribution in [-0.2, 0) is 0 Å². The molecular formula is C11H9NO2S. The van der Waals surface area contributed by atoms with Crippen LogP contribution in [0.15, 0.2) is 29.8 Å². The molecule has 4 heteroatoms. The number of carboxylic acids is 1. The number of benzene rings is 1. The second kappa shape index (κ2) is 3.82. The summed E-state index contributed by atoms with van der Waals surface area (Å²) in [7, 11) is 0. The number of hydrogen-bond acceptors (Lipinski definition) is 3. The zero-order valence-electron chi connectivity index (χ0n) is 8.10. The Balaban J connectivity index is 2.61. The maximum absolute atomic E-state index is 11.0. The van der Waals surface area contributed by atoms with Gasteiger partial charge in [0.1, 0.15) is 5.01 Å². The quantitative estimate of drug-likeness (QED) is 0.844. The number of rotatable bonds is 2. The van der Waals surface area contributed by atoms with Gasteiger partial charge in [-0.15, -0.1) is 11.3 Å². The van der Waals surface area contributed by atoms with Crippen molar-refractivity contribution in [1.82, 2.24) is 4.98 Å². The Morgan fingerprint density at radius 3 is 2.87 bits per heavy atom. The number of carbonyl (C=O) groups is 1. The molecule has 0 saturated heterocycles. The Hall–Kier alpha value is -1.68. The van der Waals surface area contributed by atoms with E-state index in [4.69, 9.17) is 5.11 Å². The minimum atomic E-state index is -0.913. The van der Waals surface area contributed by atoms with Gasteiger partial charge in [0, 0.05) is 17.1 Å². The van der Waals surface area contributed by atoms with Crippen molar-refractivity contribution in [2.24, 2.45) is 0 Å². The maximum Gasteiger partial charge on any atom is 0.336 e. The molecule has 0 aliphatic rings. The lowest BCUT2D eigenvalue weighted by molar-refractivity contribution is 0.0697. The van der Waals surface area contributed by atoms with Gasteiger partial charge in [-0.3, -0.25) is 0 Å². The molecule has 0 spiro atoms. The summed E-state index contributed by atoms with van der Waals surface area (Å²) in [5.41, 5.74) is 1.93. The van der Waals surface area contributed by atoms with E-state index in [9.17, 15) is 4.79 Å². The van der Waals surface area contributed by atoms with E-state index < -0.39 is 5.97 Å². The van der Waals surface area contributed by atoms with Crippen molar-refractivity contribution in [1.29, 1.82) is 0 Å². The highest BCUT2D eigenvalue weighted by molar-refractivity contribution is 7.13. The first-order valence-electron chi connectivity index (χ1n) is 4.42. The average molecular weight is 219 g/mol. The number of hydrogen-bond donors (Lipinski definition) is 1. The van der Waals surface area contributed by atoms with Crippen LogP contribution in [0.4, 0.5) is 0 Å². The van der Waals surface area contributed by atoms with Gasteiger partial charge in [0.25, 0.3) is 0 Å². The maximum atomic E-state index is 11.0. The van der Waals surface area contributed by atoms with E-state index in [0.717, 1.165) is 10.6 Å². The molecule has 1 N–H and O–H groups in total. The minimum absolute atomic E-state index is 0.310. The summed E-state index contributed by atoms with van der Waals surface area (Å²) < 4.78 is 0. The van der Waals surface area contributed by atoms with Crippen molar-refractivity contribution in [3.05, 3.63) is 40.9 Å². The number of nitrogens with zero attached hydrogens (tertiary/aromatic N) is 1. The molecule has 0 saturated carbocycles. The smallest absolute Gasteiger partial charge is 0.336 e. The van der Waals surface area contributed by atoms with Gasteiger partial charge in [-0.1, -0.05) is 17.7 Å². The molecule has 0 atom stereocenters. The fourth-order valence-corrected chi connectivity index (χ4v) is 2.06. The third-order valence-corrected chi connectivity index (χ3v) is 2.87. The van der Waals surface area contributed by atoms with Gasteiger partial charge in [-0.25, -0.2) is 9.78 Å².